The average molecular weight is 334 g/mol. The summed E-state index contributed by atoms with van der Waals surface area (Å²) < 4.78 is 1.84. The molecule has 0 fully saturated rings. The molecule has 25 heavy (non-hydrogen) atoms. The molecule has 2 aromatic carbocycles. The van der Waals surface area contributed by atoms with Crippen molar-refractivity contribution in [3.05, 3.63) is 78.1 Å². The summed E-state index contributed by atoms with van der Waals surface area (Å²) in [7, 11) is 0. The second-order valence-corrected chi connectivity index (χ2v) is 5.77. The molecule has 1 aromatic heterocycles. The van der Waals surface area contributed by atoms with Crippen molar-refractivity contribution < 1.29 is 4.79 Å². The first-order valence-corrected chi connectivity index (χ1v) is 8.48. The first-order valence-electron chi connectivity index (χ1n) is 8.48. The van der Waals surface area contributed by atoms with Crippen LogP contribution < -0.4 is 10.6 Å². The van der Waals surface area contributed by atoms with Gasteiger partial charge in [0.15, 0.2) is 0 Å². The first-order chi connectivity index (χ1) is 12.2. The summed E-state index contributed by atoms with van der Waals surface area (Å²) in [6, 6.07) is 19.6. The Morgan fingerprint density at radius 2 is 1.80 bits per heavy atom. The number of hydrogen-bond donors (Lipinski definition) is 2. The van der Waals surface area contributed by atoms with E-state index in [1.165, 1.54) is 5.56 Å². The molecule has 2 amide bonds. The summed E-state index contributed by atoms with van der Waals surface area (Å²) in [4.78, 5) is 11.9. The lowest BCUT2D eigenvalue weighted by Crippen LogP contribution is -2.30. The number of aryl methyl sites for hydroxylation is 1. The van der Waals surface area contributed by atoms with Crippen molar-refractivity contribution in [2.75, 3.05) is 11.9 Å². The summed E-state index contributed by atoms with van der Waals surface area (Å²) in [5.74, 6) is 0. The molecular weight excluding hydrogens is 312 g/mol. The van der Waals surface area contributed by atoms with Crippen LogP contribution in [-0.2, 0) is 12.8 Å². The zero-order valence-electron chi connectivity index (χ0n) is 14.3. The van der Waals surface area contributed by atoms with E-state index < -0.39 is 0 Å². The van der Waals surface area contributed by atoms with Crippen LogP contribution in [0.4, 0.5) is 10.5 Å². The van der Waals surface area contributed by atoms with Crippen LogP contribution in [0.2, 0.25) is 0 Å². The second-order valence-electron chi connectivity index (χ2n) is 5.77. The van der Waals surface area contributed by atoms with Crippen molar-refractivity contribution in [1.82, 2.24) is 15.1 Å². The molecule has 0 aliphatic heterocycles. The molecule has 0 bridgehead atoms. The zero-order chi connectivity index (χ0) is 17.5. The van der Waals surface area contributed by atoms with Crippen LogP contribution in [-0.4, -0.2) is 22.4 Å². The normalized spacial score (nSPS) is 10.4. The van der Waals surface area contributed by atoms with Crippen molar-refractivity contribution in [2.24, 2.45) is 0 Å². The van der Waals surface area contributed by atoms with Crippen LogP contribution in [0.5, 0.6) is 0 Å². The molecule has 1 heterocycles. The molecule has 3 rings (SSSR count). The van der Waals surface area contributed by atoms with Gasteiger partial charge in [0.05, 0.1) is 11.4 Å². The first kappa shape index (κ1) is 16.8. The zero-order valence-corrected chi connectivity index (χ0v) is 14.3. The highest BCUT2D eigenvalue weighted by Crippen LogP contribution is 2.10. The molecule has 5 heteroatoms. The van der Waals surface area contributed by atoms with Crippen LogP contribution in [0.1, 0.15) is 18.2 Å². The van der Waals surface area contributed by atoms with E-state index in [4.69, 9.17) is 0 Å². The number of para-hydroxylation sites is 1. The van der Waals surface area contributed by atoms with Crippen molar-refractivity contribution in [3.63, 3.8) is 0 Å². The largest absolute Gasteiger partial charge is 0.337 e. The number of rotatable bonds is 6. The van der Waals surface area contributed by atoms with Gasteiger partial charge in [-0.2, -0.15) is 5.10 Å². The van der Waals surface area contributed by atoms with E-state index in [0.717, 1.165) is 23.5 Å². The third-order valence-corrected chi connectivity index (χ3v) is 3.95. The number of anilines is 1. The highest BCUT2D eigenvalue weighted by Gasteiger charge is 2.04. The minimum atomic E-state index is -0.202. The van der Waals surface area contributed by atoms with Crippen molar-refractivity contribution in [2.45, 2.75) is 19.8 Å². The second kappa shape index (κ2) is 8.15. The van der Waals surface area contributed by atoms with Gasteiger partial charge < -0.3 is 10.6 Å². The van der Waals surface area contributed by atoms with Gasteiger partial charge >= 0.3 is 6.03 Å². The summed E-state index contributed by atoms with van der Waals surface area (Å²) in [6.07, 6.45) is 3.60. The summed E-state index contributed by atoms with van der Waals surface area (Å²) in [5, 5.41) is 10.2. The number of carbonyl (C=O) groups excluding carboxylic acids is 1. The van der Waals surface area contributed by atoms with E-state index in [1.807, 2.05) is 71.5 Å². The number of urea groups is 1. The van der Waals surface area contributed by atoms with Crippen LogP contribution in [0, 0.1) is 0 Å². The van der Waals surface area contributed by atoms with Gasteiger partial charge in [-0.1, -0.05) is 37.3 Å². The summed E-state index contributed by atoms with van der Waals surface area (Å²) in [5.41, 5.74) is 4.01. The molecule has 0 radical (unpaired) electrons. The molecule has 0 aliphatic carbocycles. The van der Waals surface area contributed by atoms with Gasteiger partial charge in [0, 0.05) is 24.8 Å². The molecule has 0 aliphatic rings. The maximum absolute atomic E-state index is 11.9. The van der Waals surface area contributed by atoms with Crippen molar-refractivity contribution >= 4 is 11.7 Å². The fraction of sp³-hybridized carbons (Fsp3) is 0.200. The Balaban J connectivity index is 1.46. The number of hydrogen-bond acceptors (Lipinski definition) is 2. The number of benzene rings is 2. The molecular formula is C20H22N4O. The lowest BCUT2D eigenvalue weighted by molar-refractivity contribution is 0.252. The van der Waals surface area contributed by atoms with E-state index in [9.17, 15) is 4.79 Å². The SMILES string of the molecule is CCc1ccc(NC(=O)NCCc2ccn(-c3ccccc3)n2)cc1. The third kappa shape index (κ3) is 4.70. The smallest absolute Gasteiger partial charge is 0.319 e. The topological polar surface area (TPSA) is 59.0 Å². The van der Waals surface area contributed by atoms with Crippen LogP contribution in [0.15, 0.2) is 66.9 Å². The van der Waals surface area contributed by atoms with E-state index in [0.29, 0.717) is 13.0 Å². The number of amides is 2. The molecule has 0 saturated carbocycles. The fourth-order valence-corrected chi connectivity index (χ4v) is 2.52. The highest BCUT2D eigenvalue weighted by molar-refractivity contribution is 5.89. The van der Waals surface area contributed by atoms with Gasteiger partial charge in [-0.05, 0) is 42.3 Å². The molecule has 0 unspecified atom stereocenters. The fourth-order valence-electron chi connectivity index (χ4n) is 2.52. The maximum atomic E-state index is 11.9. The van der Waals surface area contributed by atoms with Crippen molar-refractivity contribution in [3.8, 4) is 5.69 Å². The van der Waals surface area contributed by atoms with E-state index in [-0.39, 0.29) is 6.03 Å². The molecule has 0 spiro atoms. The van der Waals surface area contributed by atoms with Gasteiger partial charge in [0.1, 0.15) is 0 Å². The predicted molar refractivity (Wildman–Crippen MR) is 100 cm³/mol. The number of nitrogens with one attached hydrogen (secondary N) is 2. The molecule has 5 nitrogen and oxygen atoms in total. The lowest BCUT2D eigenvalue weighted by atomic mass is 10.1. The van der Waals surface area contributed by atoms with E-state index in [1.54, 1.807) is 0 Å². The summed E-state index contributed by atoms with van der Waals surface area (Å²) in [6.45, 7) is 2.64. The Morgan fingerprint density at radius 1 is 1.04 bits per heavy atom. The average Bonchev–Trinajstić information content (AvgIpc) is 3.12. The Hall–Kier alpha value is -3.08. The van der Waals surface area contributed by atoms with Crippen LogP contribution in [0.25, 0.3) is 5.69 Å². The Labute approximate surface area is 147 Å². The molecule has 2 N–H and O–H groups in total. The Bertz CT molecular complexity index is 809. The van der Waals surface area contributed by atoms with E-state index in [2.05, 4.69) is 22.7 Å². The standard InChI is InChI=1S/C20H22N4O/c1-2-16-8-10-17(11-9-16)22-20(25)21-14-12-18-13-15-24(23-18)19-6-4-3-5-7-19/h3-11,13,15H,2,12,14H2,1H3,(H2,21,22,25). The molecule has 3 aromatic rings. The monoisotopic (exact) mass is 334 g/mol. The van der Waals surface area contributed by atoms with Gasteiger partial charge in [0.2, 0.25) is 0 Å². The Kier molecular flexibility index (Phi) is 5.46. The molecule has 0 atom stereocenters. The lowest BCUT2D eigenvalue weighted by Gasteiger charge is -2.07. The van der Waals surface area contributed by atoms with Crippen LogP contribution >= 0.6 is 0 Å². The van der Waals surface area contributed by atoms with Gasteiger partial charge in [-0.25, -0.2) is 9.48 Å². The van der Waals surface area contributed by atoms with Gasteiger partial charge in [-0.15, -0.1) is 0 Å². The number of aromatic nitrogens is 2. The summed E-state index contributed by atoms with van der Waals surface area (Å²) >= 11 is 0. The molecule has 128 valence electrons. The highest BCUT2D eigenvalue weighted by atomic mass is 16.2. The predicted octanol–water partition coefficient (Wildman–Crippen LogP) is 3.80. The quantitative estimate of drug-likeness (QED) is 0.720. The van der Waals surface area contributed by atoms with Gasteiger partial charge in [0.25, 0.3) is 0 Å². The van der Waals surface area contributed by atoms with Gasteiger partial charge in [-0.3, -0.25) is 0 Å². The van der Waals surface area contributed by atoms with Crippen LogP contribution in [0.3, 0.4) is 0 Å². The van der Waals surface area contributed by atoms with E-state index >= 15 is 0 Å². The molecule has 0 saturated heterocycles. The minimum Gasteiger partial charge on any atom is -0.337 e. The number of carbonyl (C=O) groups is 1. The maximum Gasteiger partial charge on any atom is 0.319 e. The third-order valence-electron chi connectivity index (χ3n) is 3.95. The number of nitrogens with zero attached hydrogens (tertiary/aromatic N) is 2. The van der Waals surface area contributed by atoms with Crippen molar-refractivity contribution in [1.29, 1.82) is 0 Å². The Morgan fingerprint density at radius 3 is 2.52 bits per heavy atom. The minimum absolute atomic E-state index is 0.202.